The third-order valence-electron chi connectivity index (χ3n) is 3.19. The second-order valence-electron chi connectivity index (χ2n) is 4.96. The standard InChI is InChI=1S/C18H18ClNO2/c19-16-9-6-14(7-10-16)8-11-18(22)20-17(13-21)12-15-4-2-1-3-5-15/h1-11,17,21H,12-13H2,(H,20,22)/b11-8+/t17-/m0/s1. The van der Waals surface area contributed by atoms with Crippen LogP contribution in [0.2, 0.25) is 5.02 Å². The average Bonchev–Trinajstić information content (AvgIpc) is 2.54. The fourth-order valence-corrected chi connectivity index (χ4v) is 2.18. The number of nitrogens with one attached hydrogen (secondary N) is 1. The molecule has 0 saturated carbocycles. The van der Waals surface area contributed by atoms with Crippen molar-refractivity contribution in [1.29, 1.82) is 0 Å². The first-order valence-corrected chi connectivity index (χ1v) is 7.44. The van der Waals surface area contributed by atoms with Gasteiger partial charge in [-0.25, -0.2) is 0 Å². The van der Waals surface area contributed by atoms with Gasteiger partial charge in [0, 0.05) is 11.1 Å². The quantitative estimate of drug-likeness (QED) is 0.805. The molecule has 0 unspecified atom stereocenters. The van der Waals surface area contributed by atoms with Crippen molar-refractivity contribution in [2.75, 3.05) is 6.61 Å². The molecule has 2 aromatic carbocycles. The number of aliphatic hydroxyl groups is 1. The van der Waals surface area contributed by atoms with Crippen molar-refractivity contribution in [3.8, 4) is 0 Å². The summed E-state index contributed by atoms with van der Waals surface area (Å²) < 4.78 is 0. The van der Waals surface area contributed by atoms with E-state index in [4.69, 9.17) is 11.6 Å². The van der Waals surface area contributed by atoms with Crippen molar-refractivity contribution in [2.45, 2.75) is 12.5 Å². The zero-order valence-electron chi connectivity index (χ0n) is 12.1. The van der Waals surface area contributed by atoms with Crippen LogP contribution in [0, 0.1) is 0 Å². The van der Waals surface area contributed by atoms with E-state index in [-0.39, 0.29) is 18.6 Å². The number of halogens is 1. The zero-order valence-corrected chi connectivity index (χ0v) is 12.8. The van der Waals surface area contributed by atoms with E-state index in [0.29, 0.717) is 11.4 Å². The number of rotatable bonds is 6. The molecule has 2 N–H and O–H groups in total. The van der Waals surface area contributed by atoms with Gasteiger partial charge < -0.3 is 10.4 Å². The highest BCUT2D eigenvalue weighted by Gasteiger charge is 2.10. The smallest absolute Gasteiger partial charge is 0.244 e. The number of carbonyl (C=O) groups is 1. The maximum Gasteiger partial charge on any atom is 0.244 e. The summed E-state index contributed by atoms with van der Waals surface area (Å²) in [5.41, 5.74) is 1.96. The van der Waals surface area contributed by atoms with Crippen LogP contribution in [-0.2, 0) is 11.2 Å². The number of carbonyl (C=O) groups excluding carboxylic acids is 1. The van der Waals surface area contributed by atoms with Crippen molar-refractivity contribution in [2.24, 2.45) is 0 Å². The van der Waals surface area contributed by atoms with Gasteiger partial charge in [-0.2, -0.15) is 0 Å². The molecular formula is C18H18ClNO2. The predicted molar refractivity (Wildman–Crippen MR) is 89.6 cm³/mol. The Morgan fingerprint density at radius 2 is 1.82 bits per heavy atom. The number of hydrogen-bond acceptors (Lipinski definition) is 2. The molecule has 0 bridgehead atoms. The van der Waals surface area contributed by atoms with E-state index in [1.165, 1.54) is 6.08 Å². The Kier molecular flexibility index (Phi) is 6.19. The summed E-state index contributed by atoms with van der Waals surface area (Å²) in [5.74, 6) is -0.232. The van der Waals surface area contributed by atoms with E-state index in [0.717, 1.165) is 11.1 Å². The Morgan fingerprint density at radius 3 is 2.45 bits per heavy atom. The van der Waals surface area contributed by atoms with Gasteiger partial charge in [0.1, 0.15) is 0 Å². The number of benzene rings is 2. The van der Waals surface area contributed by atoms with E-state index >= 15 is 0 Å². The highest BCUT2D eigenvalue weighted by Crippen LogP contribution is 2.10. The van der Waals surface area contributed by atoms with Gasteiger partial charge in [0.15, 0.2) is 0 Å². The van der Waals surface area contributed by atoms with E-state index < -0.39 is 0 Å². The van der Waals surface area contributed by atoms with Gasteiger partial charge in [-0.1, -0.05) is 54.1 Å². The topological polar surface area (TPSA) is 49.3 Å². The number of amides is 1. The van der Waals surface area contributed by atoms with Gasteiger partial charge >= 0.3 is 0 Å². The first-order valence-electron chi connectivity index (χ1n) is 7.06. The molecule has 0 aromatic heterocycles. The first kappa shape index (κ1) is 16.3. The van der Waals surface area contributed by atoms with E-state index in [2.05, 4.69) is 5.32 Å². The van der Waals surface area contributed by atoms with Crippen molar-refractivity contribution in [1.82, 2.24) is 5.32 Å². The fourth-order valence-electron chi connectivity index (χ4n) is 2.05. The molecule has 0 heterocycles. The minimum atomic E-state index is -0.301. The Bertz CT molecular complexity index is 623. The molecule has 3 nitrogen and oxygen atoms in total. The molecule has 0 aliphatic rings. The SMILES string of the molecule is O=C(/C=C/c1ccc(Cl)cc1)N[C@H](CO)Cc1ccccc1. The lowest BCUT2D eigenvalue weighted by Crippen LogP contribution is -2.38. The van der Waals surface area contributed by atoms with Crippen molar-refractivity contribution in [3.05, 3.63) is 76.8 Å². The lowest BCUT2D eigenvalue weighted by Gasteiger charge is -2.15. The molecule has 4 heteroatoms. The fraction of sp³-hybridized carbons (Fsp3) is 0.167. The van der Waals surface area contributed by atoms with Gasteiger partial charge in [0.25, 0.3) is 0 Å². The van der Waals surface area contributed by atoms with Crippen molar-refractivity contribution < 1.29 is 9.90 Å². The Hall–Kier alpha value is -2.10. The van der Waals surface area contributed by atoms with Crippen LogP contribution in [0.1, 0.15) is 11.1 Å². The first-order chi connectivity index (χ1) is 10.7. The molecule has 0 radical (unpaired) electrons. The van der Waals surface area contributed by atoms with Gasteiger partial charge in [-0.3, -0.25) is 4.79 Å². The lowest BCUT2D eigenvalue weighted by molar-refractivity contribution is -0.117. The van der Waals surface area contributed by atoms with E-state index in [1.807, 2.05) is 42.5 Å². The molecule has 0 saturated heterocycles. The summed E-state index contributed by atoms with van der Waals surface area (Å²) in [6, 6.07) is 16.7. The molecule has 2 aromatic rings. The van der Waals surface area contributed by atoms with Crippen LogP contribution in [0.3, 0.4) is 0 Å². The molecule has 0 aliphatic carbocycles. The Balaban J connectivity index is 1.90. The summed E-state index contributed by atoms with van der Waals surface area (Å²) in [4.78, 5) is 11.9. The summed E-state index contributed by atoms with van der Waals surface area (Å²) in [5, 5.41) is 12.9. The molecule has 114 valence electrons. The van der Waals surface area contributed by atoms with Gasteiger partial charge in [0.05, 0.1) is 12.6 Å². The highest BCUT2D eigenvalue weighted by molar-refractivity contribution is 6.30. The van der Waals surface area contributed by atoms with Crippen LogP contribution in [0.4, 0.5) is 0 Å². The summed E-state index contributed by atoms with van der Waals surface area (Å²) in [6.45, 7) is -0.102. The second kappa shape index (κ2) is 8.37. The molecule has 0 spiro atoms. The molecule has 1 amide bonds. The lowest BCUT2D eigenvalue weighted by atomic mass is 10.1. The summed E-state index contributed by atoms with van der Waals surface area (Å²) >= 11 is 5.81. The molecule has 1 atom stereocenters. The molecule has 2 rings (SSSR count). The van der Waals surface area contributed by atoms with Gasteiger partial charge in [-0.05, 0) is 35.8 Å². The van der Waals surface area contributed by atoms with E-state index in [9.17, 15) is 9.90 Å². The third kappa shape index (κ3) is 5.35. The Labute approximate surface area is 135 Å². The minimum Gasteiger partial charge on any atom is -0.394 e. The maximum absolute atomic E-state index is 11.9. The van der Waals surface area contributed by atoms with Crippen LogP contribution in [0.5, 0.6) is 0 Å². The molecule has 22 heavy (non-hydrogen) atoms. The summed E-state index contributed by atoms with van der Waals surface area (Å²) in [7, 11) is 0. The monoisotopic (exact) mass is 315 g/mol. The average molecular weight is 316 g/mol. The van der Waals surface area contributed by atoms with Crippen LogP contribution in [-0.4, -0.2) is 23.7 Å². The van der Waals surface area contributed by atoms with Crippen LogP contribution in [0.25, 0.3) is 6.08 Å². The van der Waals surface area contributed by atoms with Crippen LogP contribution in [0.15, 0.2) is 60.7 Å². The normalized spacial score (nSPS) is 12.3. The van der Waals surface area contributed by atoms with Crippen molar-refractivity contribution >= 4 is 23.6 Å². The number of hydrogen-bond donors (Lipinski definition) is 2. The predicted octanol–water partition coefficient (Wildman–Crippen LogP) is 3.07. The van der Waals surface area contributed by atoms with E-state index in [1.54, 1.807) is 18.2 Å². The molecule has 0 fully saturated rings. The molecule has 0 aliphatic heterocycles. The van der Waals surface area contributed by atoms with Crippen LogP contribution < -0.4 is 5.32 Å². The number of aliphatic hydroxyl groups excluding tert-OH is 1. The van der Waals surface area contributed by atoms with Crippen molar-refractivity contribution in [3.63, 3.8) is 0 Å². The highest BCUT2D eigenvalue weighted by atomic mass is 35.5. The summed E-state index contributed by atoms with van der Waals surface area (Å²) in [6.07, 6.45) is 3.76. The van der Waals surface area contributed by atoms with Gasteiger partial charge in [0.2, 0.25) is 5.91 Å². The largest absolute Gasteiger partial charge is 0.394 e. The second-order valence-corrected chi connectivity index (χ2v) is 5.40. The molecular weight excluding hydrogens is 298 g/mol. The Morgan fingerprint density at radius 1 is 1.14 bits per heavy atom. The zero-order chi connectivity index (χ0) is 15.8. The van der Waals surface area contributed by atoms with Gasteiger partial charge in [-0.15, -0.1) is 0 Å². The van der Waals surface area contributed by atoms with Crippen LogP contribution >= 0.6 is 11.6 Å². The maximum atomic E-state index is 11.9. The third-order valence-corrected chi connectivity index (χ3v) is 3.44. The minimum absolute atomic E-state index is 0.102.